The Bertz CT molecular complexity index is 523. The maximum absolute atomic E-state index is 9.25. The molecule has 0 aliphatic rings. The smallest absolute Gasteiger partial charge is 0.121 e. The molecular weight excluding hydrogens is 252 g/mol. The first kappa shape index (κ1) is 13.8. The van der Waals surface area contributed by atoms with E-state index in [1.165, 1.54) is 10.4 Å². The van der Waals surface area contributed by atoms with Crippen molar-refractivity contribution >= 4 is 11.3 Å². The minimum absolute atomic E-state index is 0.217. The van der Waals surface area contributed by atoms with Crippen LogP contribution in [0.3, 0.4) is 0 Å². The molecule has 2 rings (SSSR count). The maximum Gasteiger partial charge on any atom is 0.121 e. The Kier molecular flexibility index (Phi) is 5.14. The average molecular weight is 270 g/mol. The SMILES string of the molecule is CCc1ccc(C(C#N)NCCc2cccs2)cc1. The van der Waals surface area contributed by atoms with Crippen LogP contribution in [0.25, 0.3) is 0 Å². The van der Waals surface area contributed by atoms with Crippen molar-refractivity contribution < 1.29 is 0 Å². The summed E-state index contributed by atoms with van der Waals surface area (Å²) in [6.45, 7) is 2.96. The van der Waals surface area contributed by atoms with Crippen molar-refractivity contribution in [1.29, 1.82) is 5.26 Å². The number of nitrogens with one attached hydrogen (secondary N) is 1. The summed E-state index contributed by atoms with van der Waals surface area (Å²) in [6, 6.07) is 14.6. The highest BCUT2D eigenvalue weighted by Crippen LogP contribution is 2.14. The Morgan fingerprint density at radius 3 is 2.63 bits per heavy atom. The molecule has 1 aromatic carbocycles. The molecule has 1 unspecified atom stereocenters. The van der Waals surface area contributed by atoms with Gasteiger partial charge in [0.25, 0.3) is 0 Å². The van der Waals surface area contributed by atoms with E-state index in [9.17, 15) is 5.26 Å². The van der Waals surface area contributed by atoms with Gasteiger partial charge in [-0.1, -0.05) is 37.3 Å². The van der Waals surface area contributed by atoms with E-state index in [4.69, 9.17) is 0 Å². The third kappa shape index (κ3) is 3.92. The van der Waals surface area contributed by atoms with Crippen LogP contribution in [0.4, 0.5) is 0 Å². The summed E-state index contributed by atoms with van der Waals surface area (Å²) in [5, 5.41) is 14.6. The number of hydrogen-bond donors (Lipinski definition) is 1. The molecule has 19 heavy (non-hydrogen) atoms. The first-order chi connectivity index (χ1) is 9.33. The van der Waals surface area contributed by atoms with Crippen LogP contribution in [-0.2, 0) is 12.8 Å². The Morgan fingerprint density at radius 1 is 1.26 bits per heavy atom. The molecule has 1 N–H and O–H groups in total. The topological polar surface area (TPSA) is 35.8 Å². The van der Waals surface area contributed by atoms with Crippen molar-refractivity contribution in [1.82, 2.24) is 5.32 Å². The van der Waals surface area contributed by atoms with Gasteiger partial charge in [0, 0.05) is 11.4 Å². The second-order valence-electron chi connectivity index (χ2n) is 4.44. The van der Waals surface area contributed by atoms with E-state index in [2.05, 4.69) is 48.0 Å². The fraction of sp³-hybridized carbons (Fsp3) is 0.312. The van der Waals surface area contributed by atoms with Crippen molar-refractivity contribution in [3.63, 3.8) is 0 Å². The van der Waals surface area contributed by atoms with E-state index in [1.54, 1.807) is 11.3 Å². The lowest BCUT2D eigenvalue weighted by atomic mass is 10.0. The van der Waals surface area contributed by atoms with Gasteiger partial charge in [-0.25, -0.2) is 0 Å². The molecule has 0 fully saturated rings. The molecule has 3 heteroatoms. The fourth-order valence-corrected chi connectivity index (χ4v) is 2.69. The van der Waals surface area contributed by atoms with E-state index in [0.29, 0.717) is 0 Å². The van der Waals surface area contributed by atoms with Gasteiger partial charge < -0.3 is 0 Å². The van der Waals surface area contributed by atoms with Gasteiger partial charge in [0.2, 0.25) is 0 Å². The predicted octanol–water partition coefficient (Wildman–Crippen LogP) is 3.71. The van der Waals surface area contributed by atoms with Crippen molar-refractivity contribution in [2.45, 2.75) is 25.8 Å². The molecule has 1 heterocycles. The lowest BCUT2D eigenvalue weighted by Crippen LogP contribution is -2.22. The molecule has 0 spiro atoms. The molecule has 0 amide bonds. The first-order valence-electron chi connectivity index (χ1n) is 6.57. The molecule has 0 saturated heterocycles. The Morgan fingerprint density at radius 2 is 2.05 bits per heavy atom. The van der Waals surface area contributed by atoms with Crippen LogP contribution in [-0.4, -0.2) is 6.54 Å². The maximum atomic E-state index is 9.25. The molecular formula is C16H18N2S. The number of hydrogen-bond acceptors (Lipinski definition) is 3. The highest BCUT2D eigenvalue weighted by molar-refractivity contribution is 7.09. The summed E-state index contributed by atoms with van der Waals surface area (Å²) < 4.78 is 0. The number of nitrogens with zero attached hydrogens (tertiary/aromatic N) is 1. The van der Waals surface area contributed by atoms with Crippen LogP contribution in [0.2, 0.25) is 0 Å². The van der Waals surface area contributed by atoms with Crippen molar-refractivity contribution in [3.05, 3.63) is 57.8 Å². The summed E-state index contributed by atoms with van der Waals surface area (Å²) >= 11 is 1.76. The Balaban J connectivity index is 1.90. The Labute approximate surface area is 118 Å². The van der Waals surface area contributed by atoms with Crippen LogP contribution < -0.4 is 5.32 Å². The molecule has 0 saturated carbocycles. The first-order valence-corrected chi connectivity index (χ1v) is 7.45. The van der Waals surface area contributed by atoms with E-state index < -0.39 is 0 Å². The third-order valence-electron chi connectivity index (χ3n) is 3.15. The van der Waals surface area contributed by atoms with E-state index in [1.807, 2.05) is 12.1 Å². The lowest BCUT2D eigenvalue weighted by Gasteiger charge is -2.12. The average Bonchev–Trinajstić information content (AvgIpc) is 2.97. The van der Waals surface area contributed by atoms with E-state index in [-0.39, 0.29) is 6.04 Å². The monoisotopic (exact) mass is 270 g/mol. The van der Waals surface area contributed by atoms with Gasteiger partial charge in [0.1, 0.15) is 6.04 Å². The zero-order valence-electron chi connectivity index (χ0n) is 11.1. The van der Waals surface area contributed by atoms with Gasteiger partial charge >= 0.3 is 0 Å². The van der Waals surface area contributed by atoms with Gasteiger partial charge in [-0.05, 0) is 35.4 Å². The predicted molar refractivity (Wildman–Crippen MR) is 80.2 cm³/mol. The zero-order valence-corrected chi connectivity index (χ0v) is 11.9. The van der Waals surface area contributed by atoms with Crippen molar-refractivity contribution in [3.8, 4) is 6.07 Å². The van der Waals surface area contributed by atoms with Crippen LogP contribution >= 0.6 is 11.3 Å². The number of rotatable bonds is 6. The van der Waals surface area contributed by atoms with Crippen molar-refractivity contribution in [2.24, 2.45) is 0 Å². The van der Waals surface area contributed by atoms with Crippen molar-refractivity contribution in [2.75, 3.05) is 6.54 Å². The van der Waals surface area contributed by atoms with Crippen LogP contribution in [0.15, 0.2) is 41.8 Å². The summed E-state index contributed by atoms with van der Waals surface area (Å²) in [7, 11) is 0. The van der Waals surface area contributed by atoms with Crippen LogP contribution in [0.1, 0.15) is 29.0 Å². The van der Waals surface area contributed by atoms with Gasteiger partial charge in [-0.2, -0.15) is 5.26 Å². The second kappa shape index (κ2) is 7.08. The molecule has 0 bridgehead atoms. The standard InChI is InChI=1S/C16H18N2S/c1-2-13-5-7-14(8-6-13)16(12-17)18-10-9-15-4-3-11-19-15/h3-8,11,16,18H,2,9-10H2,1H3. The molecule has 1 aromatic heterocycles. The van der Waals surface area contributed by atoms with Crippen LogP contribution in [0.5, 0.6) is 0 Å². The molecule has 0 aliphatic carbocycles. The van der Waals surface area contributed by atoms with Crippen LogP contribution in [0, 0.1) is 11.3 Å². The summed E-state index contributed by atoms with van der Waals surface area (Å²) in [6.07, 6.45) is 2.01. The molecule has 1 atom stereocenters. The second-order valence-corrected chi connectivity index (χ2v) is 5.47. The molecule has 2 aromatic rings. The lowest BCUT2D eigenvalue weighted by molar-refractivity contribution is 0.632. The minimum Gasteiger partial charge on any atom is -0.298 e. The molecule has 0 aliphatic heterocycles. The van der Waals surface area contributed by atoms with Gasteiger partial charge in [-0.15, -0.1) is 11.3 Å². The third-order valence-corrected chi connectivity index (χ3v) is 4.09. The quantitative estimate of drug-likeness (QED) is 0.868. The van der Waals surface area contributed by atoms with Gasteiger partial charge in [-0.3, -0.25) is 5.32 Å². The highest BCUT2D eigenvalue weighted by atomic mass is 32.1. The van der Waals surface area contributed by atoms with Gasteiger partial charge in [0.15, 0.2) is 0 Å². The largest absolute Gasteiger partial charge is 0.298 e. The molecule has 98 valence electrons. The minimum atomic E-state index is -0.217. The highest BCUT2D eigenvalue weighted by Gasteiger charge is 2.09. The van der Waals surface area contributed by atoms with Gasteiger partial charge in [0.05, 0.1) is 6.07 Å². The van der Waals surface area contributed by atoms with E-state index >= 15 is 0 Å². The summed E-state index contributed by atoms with van der Waals surface area (Å²) in [4.78, 5) is 1.35. The summed E-state index contributed by atoms with van der Waals surface area (Å²) in [5.74, 6) is 0. The summed E-state index contributed by atoms with van der Waals surface area (Å²) in [5.41, 5.74) is 2.35. The number of thiophene rings is 1. The molecule has 2 nitrogen and oxygen atoms in total. The Hall–Kier alpha value is -1.63. The zero-order chi connectivity index (χ0) is 13.5. The molecule has 0 radical (unpaired) electrons. The normalized spacial score (nSPS) is 12.0. The number of nitriles is 1. The van der Waals surface area contributed by atoms with E-state index in [0.717, 1.165) is 24.9 Å². The number of aryl methyl sites for hydroxylation is 1. The fourth-order valence-electron chi connectivity index (χ4n) is 1.98. The number of benzene rings is 1.